The highest BCUT2D eigenvalue weighted by Gasteiger charge is 2.36. The largest absolute Gasteiger partial charge is 1.00 e. The van der Waals surface area contributed by atoms with Gasteiger partial charge >= 0.3 is 0 Å². The van der Waals surface area contributed by atoms with Crippen molar-refractivity contribution in [1.29, 1.82) is 0 Å². The predicted molar refractivity (Wildman–Crippen MR) is 149 cm³/mol. The lowest BCUT2D eigenvalue weighted by molar-refractivity contribution is -0.00000732. The van der Waals surface area contributed by atoms with Crippen molar-refractivity contribution in [3.8, 4) is 0 Å². The molecular formula is C28H34Cl3N5. The van der Waals surface area contributed by atoms with E-state index in [1.54, 1.807) is 0 Å². The number of nitrogens with zero attached hydrogens (tertiary/aromatic N) is 2. The molecule has 192 valence electrons. The van der Waals surface area contributed by atoms with Gasteiger partial charge in [-0.15, -0.1) is 24.8 Å². The number of allylic oxidation sites excluding steroid dienone is 1. The number of nitrogens with two attached hydrogens (primary N) is 1. The number of halogens is 3. The Hall–Kier alpha value is -2.08. The summed E-state index contributed by atoms with van der Waals surface area (Å²) in [4.78, 5) is 4.86. The Kier molecular flexibility index (Phi) is 9.48. The zero-order chi connectivity index (χ0) is 22.3. The number of dihydropyridines is 1. The van der Waals surface area contributed by atoms with Crippen molar-refractivity contribution in [3.05, 3.63) is 95.2 Å². The van der Waals surface area contributed by atoms with Crippen LogP contribution in [0.1, 0.15) is 30.4 Å². The van der Waals surface area contributed by atoms with Gasteiger partial charge in [0.25, 0.3) is 0 Å². The van der Waals surface area contributed by atoms with Gasteiger partial charge in [0.2, 0.25) is 11.4 Å². The number of para-hydroxylation sites is 1. The highest BCUT2D eigenvalue weighted by atomic mass is 35.5. The fraction of sp³-hybridized carbons (Fsp3) is 0.357. The number of benzene rings is 2. The van der Waals surface area contributed by atoms with Crippen LogP contribution < -0.4 is 33.7 Å². The maximum atomic E-state index is 6.58. The van der Waals surface area contributed by atoms with E-state index < -0.39 is 0 Å². The summed E-state index contributed by atoms with van der Waals surface area (Å²) in [6.07, 6.45) is 12.0. The third-order valence-electron chi connectivity index (χ3n) is 7.53. The van der Waals surface area contributed by atoms with E-state index in [0.29, 0.717) is 0 Å². The van der Waals surface area contributed by atoms with Gasteiger partial charge in [-0.2, -0.15) is 0 Å². The maximum absolute atomic E-state index is 6.58. The summed E-state index contributed by atoms with van der Waals surface area (Å²) in [5.41, 5.74) is 13.5. The van der Waals surface area contributed by atoms with Crippen molar-refractivity contribution in [2.45, 2.75) is 31.0 Å². The molecule has 1 unspecified atom stereocenters. The summed E-state index contributed by atoms with van der Waals surface area (Å²) < 4.78 is 0. The van der Waals surface area contributed by atoms with Gasteiger partial charge in [0.15, 0.2) is 0 Å². The van der Waals surface area contributed by atoms with Crippen LogP contribution >= 0.6 is 24.8 Å². The molecule has 36 heavy (non-hydrogen) atoms. The molecule has 4 N–H and O–H groups in total. The molecule has 5 nitrogen and oxygen atoms in total. The van der Waals surface area contributed by atoms with Crippen LogP contribution in [0.4, 0.5) is 5.69 Å². The minimum Gasteiger partial charge on any atom is -1.00 e. The molecule has 3 aliphatic heterocycles. The standard InChI is InChI=1S/C28H32N5.3ClH/c29-28(13-4-14-28)23-10-7-21(8-11-23)26-19-25-22(20-33(26)24-5-2-1-3-6-24)9-12-27(31-25)32-17-15-30-16-18-32;;;/h1-3,5-12,27,30-31H,4,13-18,20,29H2;3*1H/q+1;;;/p-1. The Morgan fingerprint density at radius 2 is 1.64 bits per heavy atom. The number of hydrogen-bond acceptors (Lipinski definition) is 5. The van der Waals surface area contributed by atoms with Crippen LogP contribution in [-0.4, -0.2) is 43.8 Å². The van der Waals surface area contributed by atoms with Crippen LogP contribution in [0.2, 0.25) is 0 Å². The average molecular weight is 547 g/mol. The first-order chi connectivity index (χ1) is 16.2. The van der Waals surface area contributed by atoms with Gasteiger partial charge in [-0.25, -0.2) is 0 Å². The second kappa shape index (κ2) is 12.0. The van der Waals surface area contributed by atoms with Gasteiger partial charge in [-0.05, 0) is 55.2 Å². The second-order valence-electron chi connectivity index (χ2n) is 9.62. The topological polar surface area (TPSA) is 56.6 Å². The summed E-state index contributed by atoms with van der Waals surface area (Å²) in [5.74, 6) is 0. The number of anilines is 1. The lowest BCUT2D eigenvalue weighted by Crippen LogP contribution is -3.00. The maximum Gasteiger partial charge on any atom is 0.219 e. The summed E-state index contributed by atoms with van der Waals surface area (Å²) >= 11 is 0. The number of rotatable bonds is 4. The van der Waals surface area contributed by atoms with Gasteiger partial charge in [0.1, 0.15) is 6.17 Å². The van der Waals surface area contributed by atoms with E-state index in [1.165, 1.54) is 28.8 Å². The van der Waals surface area contributed by atoms with Crippen molar-refractivity contribution in [2.75, 3.05) is 37.6 Å². The molecular weight excluding hydrogens is 513 g/mol. The van der Waals surface area contributed by atoms with Crippen molar-refractivity contribution in [2.24, 2.45) is 5.73 Å². The molecule has 0 bridgehead atoms. The predicted octanol–water partition coefficient (Wildman–Crippen LogP) is 1.18. The van der Waals surface area contributed by atoms with Gasteiger partial charge < -0.3 is 28.8 Å². The molecule has 6 rings (SSSR count). The fourth-order valence-electron chi connectivity index (χ4n) is 5.30. The molecule has 3 heterocycles. The van der Waals surface area contributed by atoms with Gasteiger partial charge in [0, 0.05) is 55.6 Å². The van der Waals surface area contributed by atoms with E-state index in [2.05, 4.69) is 93.3 Å². The first kappa shape index (κ1) is 28.5. The third kappa shape index (κ3) is 5.44. The van der Waals surface area contributed by atoms with Crippen LogP contribution in [0, 0.1) is 6.08 Å². The Labute approximate surface area is 233 Å². The van der Waals surface area contributed by atoms with Crippen LogP contribution in [0.5, 0.6) is 0 Å². The number of hydrogen-bond donors (Lipinski definition) is 3. The Balaban J connectivity index is 0.00000120. The van der Waals surface area contributed by atoms with E-state index in [0.717, 1.165) is 57.0 Å². The molecule has 1 aliphatic carbocycles. The Morgan fingerprint density at radius 1 is 0.944 bits per heavy atom. The van der Waals surface area contributed by atoms with Gasteiger partial charge in [-0.3, -0.25) is 9.80 Å². The van der Waals surface area contributed by atoms with E-state index in [9.17, 15) is 0 Å². The Morgan fingerprint density at radius 3 is 2.28 bits per heavy atom. The molecule has 2 aromatic rings. The molecule has 4 aliphatic rings. The highest BCUT2D eigenvalue weighted by molar-refractivity contribution is 5.85. The molecule has 0 amide bonds. The van der Waals surface area contributed by atoms with Crippen LogP contribution in [0.3, 0.4) is 0 Å². The minimum absolute atomic E-state index is 0. The molecule has 0 spiro atoms. The first-order valence-corrected chi connectivity index (χ1v) is 12.2. The zero-order valence-corrected chi connectivity index (χ0v) is 22.6. The van der Waals surface area contributed by atoms with Crippen LogP contribution in [0.25, 0.3) is 5.70 Å². The molecule has 8 heteroatoms. The summed E-state index contributed by atoms with van der Waals surface area (Å²) in [7, 11) is 0. The summed E-state index contributed by atoms with van der Waals surface area (Å²) in [6.45, 7) is 5.01. The second-order valence-corrected chi connectivity index (χ2v) is 9.62. The van der Waals surface area contributed by atoms with Gasteiger partial charge in [0.05, 0.1) is 23.8 Å². The number of nitrogens with one attached hydrogen (secondary N) is 2. The minimum atomic E-state index is -0.135. The van der Waals surface area contributed by atoms with E-state index in [1.807, 2.05) is 0 Å². The Bertz CT molecular complexity index is 1100. The zero-order valence-electron chi connectivity index (χ0n) is 20.3. The van der Waals surface area contributed by atoms with E-state index in [4.69, 9.17) is 5.73 Å². The normalized spacial score (nSPS) is 22.3. The molecule has 2 fully saturated rings. The molecule has 0 radical (unpaired) electrons. The molecule has 2 aromatic carbocycles. The van der Waals surface area contributed by atoms with Crippen molar-refractivity contribution >= 4 is 36.2 Å². The SMILES string of the molecule is Cl.Cl.NC1(c2ccc(C3=[C+]C4=C(C=CC(N5CCNCC5)N4)CN3c3ccccc3)cc2)CCC1.[Cl-]. The van der Waals surface area contributed by atoms with Crippen molar-refractivity contribution in [3.63, 3.8) is 0 Å². The smallest absolute Gasteiger partial charge is 0.219 e. The lowest BCUT2D eigenvalue weighted by Gasteiger charge is -2.38. The van der Waals surface area contributed by atoms with Crippen molar-refractivity contribution in [1.82, 2.24) is 15.5 Å². The molecule has 1 atom stereocenters. The quantitative estimate of drug-likeness (QED) is 0.503. The molecule has 1 saturated heterocycles. The average Bonchev–Trinajstić information content (AvgIpc) is 2.87. The van der Waals surface area contributed by atoms with Gasteiger partial charge in [-0.1, -0.05) is 18.2 Å². The highest BCUT2D eigenvalue weighted by Crippen LogP contribution is 2.40. The van der Waals surface area contributed by atoms with Crippen molar-refractivity contribution < 1.29 is 12.4 Å². The monoisotopic (exact) mass is 545 g/mol. The lowest BCUT2D eigenvalue weighted by atomic mass is 9.72. The van der Waals surface area contributed by atoms with Crippen LogP contribution in [0.15, 0.2) is 78.0 Å². The van der Waals surface area contributed by atoms with Crippen LogP contribution in [-0.2, 0) is 5.54 Å². The third-order valence-corrected chi connectivity index (χ3v) is 7.53. The van der Waals surface area contributed by atoms with E-state index in [-0.39, 0.29) is 48.9 Å². The first-order valence-electron chi connectivity index (χ1n) is 12.2. The fourth-order valence-corrected chi connectivity index (χ4v) is 5.30. The van der Waals surface area contributed by atoms with E-state index >= 15 is 0 Å². The number of piperazine rings is 1. The molecule has 1 saturated carbocycles. The summed E-state index contributed by atoms with van der Waals surface area (Å²) in [6, 6.07) is 19.5. The summed E-state index contributed by atoms with van der Waals surface area (Å²) in [5, 5.41) is 7.21. The molecule has 0 aromatic heterocycles.